The number of hydrogen-bond acceptors (Lipinski definition) is 4. The van der Waals surface area contributed by atoms with Crippen molar-refractivity contribution in [3.05, 3.63) is 95.8 Å². The average Bonchev–Trinajstić information content (AvgIpc) is 2.73. The zero-order chi connectivity index (χ0) is 19.6. The van der Waals surface area contributed by atoms with Gasteiger partial charge < -0.3 is 5.11 Å². The molecule has 1 aliphatic rings. The minimum Gasteiger partial charge on any atom is -0.387 e. The lowest BCUT2D eigenvalue weighted by Crippen LogP contribution is -2.49. The number of fused-ring (bicyclic) bond motifs is 1. The summed E-state index contributed by atoms with van der Waals surface area (Å²) in [5, 5.41) is 11.1. The van der Waals surface area contributed by atoms with Crippen LogP contribution in [0.2, 0.25) is 0 Å². The number of aliphatic hydroxyl groups excluding tert-OH is 1. The number of benzene rings is 2. The topological polar surface area (TPSA) is 70.5 Å². The van der Waals surface area contributed by atoms with E-state index in [2.05, 4.69) is 4.98 Å². The molecule has 0 radical (unpaired) electrons. The van der Waals surface area contributed by atoms with Crippen LogP contribution in [0, 0.1) is 0 Å². The maximum atomic E-state index is 13.4. The Morgan fingerprint density at radius 3 is 2.32 bits per heavy atom. The lowest BCUT2D eigenvalue weighted by molar-refractivity contribution is 0.0800. The van der Waals surface area contributed by atoms with Crippen LogP contribution >= 0.6 is 0 Å². The molecule has 2 atom stereocenters. The van der Waals surface area contributed by atoms with Gasteiger partial charge in [0, 0.05) is 24.5 Å². The zero-order valence-electron chi connectivity index (χ0n) is 15.3. The van der Waals surface area contributed by atoms with Gasteiger partial charge in [-0.15, -0.1) is 0 Å². The monoisotopic (exact) mass is 394 g/mol. The Morgan fingerprint density at radius 1 is 0.893 bits per heavy atom. The summed E-state index contributed by atoms with van der Waals surface area (Å²) in [7, 11) is -3.70. The zero-order valence-corrected chi connectivity index (χ0v) is 16.2. The van der Waals surface area contributed by atoms with Crippen molar-refractivity contribution >= 4 is 10.0 Å². The third kappa shape index (κ3) is 3.58. The smallest absolute Gasteiger partial charge is 0.243 e. The van der Waals surface area contributed by atoms with Crippen LogP contribution in [-0.2, 0) is 22.9 Å². The van der Waals surface area contributed by atoms with Crippen molar-refractivity contribution in [3.8, 4) is 0 Å². The molecule has 0 saturated heterocycles. The number of aromatic nitrogens is 1. The maximum Gasteiger partial charge on any atom is 0.243 e. The van der Waals surface area contributed by atoms with Gasteiger partial charge in [-0.3, -0.25) is 4.98 Å². The largest absolute Gasteiger partial charge is 0.387 e. The van der Waals surface area contributed by atoms with Crippen LogP contribution in [0.15, 0.2) is 84.0 Å². The molecule has 0 saturated carbocycles. The Morgan fingerprint density at radius 2 is 1.57 bits per heavy atom. The quantitative estimate of drug-likeness (QED) is 0.722. The summed E-state index contributed by atoms with van der Waals surface area (Å²) in [4.78, 5) is 4.22. The van der Waals surface area contributed by atoms with E-state index in [9.17, 15) is 13.5 Å². The van der Waals surface area contributed by atoms with E-state index in [-0.39, 0.29) is 4.90 Å². The second-order valence-corrected chi connectivity index (χ2v) is 8.82. The molecule has 0 fully saturated rings. The summed E-state index contributed by atoms with van der Waals surface area (Å²) in [5.41, 5.74) is 2.48. The van der Waals surface area contributed by atoms with E-state index in [0.717, 1.165) is 11.1 Å². The van der Waals surface area contributed by atoms with E-state index in [1.54, 1.807) is 36.7 Å². The summed E-state index contributed by atoms with van der Waals surface area (Å²) in [6.45, 7) is 0.313. The van der Waals surface area contributed by atoms with Gasteiger partial charge in [-0.2, -0.15) is 4.31 Å². The maximum absolute atomic E-state index is 13.4. The highest BCUT2D eigenvalue weighted by Gasteiger charge is 2.43. The van der Waals surface area contributed by atoms with Gasteiger partial charge in [0.25, 0.3) is 0 Å². The van der Waals surface area contributed by atoms with Crippen molar-refractivity contribution in [2.24, 2.45) is 0 Å². The molecule has 1 aromatic heterocycles. The van der Waals surface area contributed by atoms with Gasteiger partial charge in [0.05, 0.1) is 17.0 Å². The summed E-state index contributed by atoms with van der Waals surface area (Å²) in [6, 6.07) is 19.7. The van der Waals surface area contributed by atoms with Gasteiger partial charge in [-0.25, -0.2) is 8.42 Å². The van der Waals surface area contributed by atoms with Crippen LogP contribution < -0.4 is 0 Å². The molecular weight excluding hydrogens is 372 g/mol. The van der Waals surface area contributed by atoms with Crippen LogP contribution in [0.1, 0.15) is 22.8 Å². The molecule has 0 unspecified atom stereocenters. The Kier molecular flexibility index (Phi) is 5.26. The van der Waals surface area contributed by atoms with E-state index in [0.29, 0.717) is 24.9 Å². The summed E-state index contributed by atoms with van der Waals surface area (Å²) in [6.07, 6.45) is 3.49. The van der Waals surface area contributed by atoms with Crippen molar-refractivity contribution < 1.29 is 13.5 Å². The van der Waals surface area contributed by atoms with E-state index >= 15 is 0 Å². The number of sulfonamides is 1. The Balaban J connectivity index is 1.71. The second-order valence-electron chi connectivity index (χ2n) is 6.96. The van der Waals surface area contributed by atoms with Crippen molar-refractivity contribution in [1.29, 1.82) is 0 Å². The molecule has 1 N–H and O–H groups in total. The molecule has 0 bridgehead atoms. The third-order valence-corrected chi connectivity index (χ3v) is 7.21. The number of rotatable bonds is 5. The fraction of sp³-hybridized carbons (Fsp3) is 0.227. The van der Waals surface area contributed by atoms with E-state index in [1.165, 1.54) is 4.31 Å². The lowest BCUT2D eigenvalue weighted by atomic mass is 9.95. The molecule has 5 nitrogen and oxygen atoms in total. The molecule has 1 aliphatic heterocycles. The first-order valence-electron chi connectivity index (χ1n) is 9.29. The minimum absolute atomic E-state index is 0.196. The van der Waals surface area contributed by atoms with Crippen LogP contribution in [-0.4, -0.2) is 35.4 Å². The normalized spacial score (nSPS) is 21.2. The first-order valence-corrected chi connectivity index (χ1v) is 10.7. The SMILES string of the molecule is O=S1(=O)c2ccccc2[C@@H](O)[C@@H](Cc2ccncc2)N1CCc1ccccc1. The van der Waals surface area contributed by atoms with Crippen molar-refractivity contribution in [3.63, 3.8) is 0 Å². The molecule has 144 valence electrons. The second kappa shape index (κ2) is 7.83. The first-order chi connectivity index (χ1) is 13.6. The molecule has 0 spiro atoms. The molecule has 2 aromatic carbocycles. The van der Waals surface area contributed by atoms with Gasteiger partial charge in [0.15, 0.2) is 0 Å². The highest BCUT2D eigenvalue weighted by molar-refractivity contribution is 7.89. The fourth-order valence-corrected chi connectivity index (χ4v) is 5.64. The number of nitrogens with zero attached hydrogens (tertiary/aromatic N) is 2. The number of pyridine rings is 1. The van der Waals surface area contributed by atoms with Gasteiger partial charge in [0.2, 0.25) is 10.0 Å². The molecular formula is C22H22N2O3S. The highest BCUT2D eigenvalue weighted by atomic mass is 32.2. The van der Waals surface area contributed by atoms with Crippen LogP contribution in [0.25, 0.3) is 0 Å². The highest BCUT2D eigenvalue weighted by Crippen LogP contribution is 2.38. The number of hydrogen-bond donors (Lipinski definition) is 1. The summed E-state index contributed by atoms with van der Waals surface area (Å²) < 4.78 is 28.2. The van der Waals surface area contributed by atoms with Crippen molar-refractivity contribution in [2.75, 3.05) is 6.54 Å². The van der Waals surface area contributed by atoms with Gasteiger partial charge in [-0.05, 0) is 42.2 Å². The van der Waals surface area contributed by atoms with E-state index in [4.69, 9.17) is 0 Å². The predicted octanol–water partition coefficient (Wildman–Crippen LogP) is 2.97. The van der Waals surface area contributed by atoms with E-state index in [1.807, 2.05) is 42.5 Å². The third-order valence-electron chi connectivity index (χ3n) is 5.22. The summed E-state index contributed by atoms with van der Waals surface area (Å²) >= 11 is 0. The minimum atomic E-state index is -3.70. The molecule has 2 heterocycles. The Labute approximate surface area is 165 Å². The molecule has 3 aromatic rings. The average molecular weight is 394 g/mol. The Bertz CT molecular complexity index is 1040. The Hall–Kier alpha value is -2.54. The van der Waals surface area contributed by atoms with Crippen LogP contribution in [0.4, 0.5) is 0 Å². The summed E-state index contributed by atoms with van der Waals surface area (Å²) in [5.74, 6) is 0. The molecule has 6 heteroatoms. The van der Waals surface area contributed by atoms with E-state index < -0.39 is 22.2 Å². The molecule has 0 aliphatic carbocycles. The lowest BCUT2D eigenvalue weighted by Gasteiger charge is -2.39. The standard InChI is InChI=1S/C22H22N2O3S/c25-22-19-8-4-5-9-21(19)28(26,27)24(15-12-17-6-2-1-3-7-17)20(22)16-18-10-13-23-14-11-18/h1-11,13-14,20,22,25H,12,15-16H2/t20-,22-/m1/s1. The first kappa shape index (κ1) is 18.8. The van der Waals surface area contributed by atoms with Gasteiger partial charge >= 0.3 is 0 Å². The molecule has 0 amide bonds. The van der Waals surface area contributed by atoms with Crippen LogP contribution in [0.5, 0.6) is 0 Å². The van der Waals surface area contributed by atoms with Crippen molar-refractivity contribution in [2.45, 2.75) is 29.9 Å². The number of aliphatic hydroxyl groups is 1. The van der Waals surface area contributed by atoms with Gasteiger partial charge in [0.1, 0.15) is 0 Å². The van der Waals surface area contributed by atoms with Crippen LogP contribution in [0.3, 0.4) is 0 Å². The fourth-order valence-electron chi connectivity index (χ4n) is 3.77. The van der Waals surface area contributed by atoms with Crippen molar-refractivity contribution in [1.82, 2.24) is 9.29 Å². The predicted molar refractivity (Wildman–Crippen MR) is 107 cm³/mol. The molecule has 28 heavy (non-hydrogen) atoms. The molecule has 4 rings (SSSR count). The van der Waals surface area contributed by atoms with Gasteiger partial charge in [-0.1, -0.05) is 48.5 Å².